The Balaban J connectivity index is 1.69. The molecule has 2 heterocycles. The predicted octanol–water partition coefficient (Wildman–Crippen LogP) is 2.12. The van der Waals surface area contributed by atoms with Crippen LogP contribution in [-0.2, 0) is 4.79 Å². The first-order chi connectivity index (χ1) is 8.86. The maximum atomic E-state index is 13.1. The lowest BCUT2D eigenvalue weighted by molar-refractivity contribution is -0.157. The highest BCUT2D eigenvalue weighted by molar-refractivity contribution is 5.84. The van der Waals surface area contributed by atoms with Crippen LogP contribution in [0.15, 0.2) is 0 Å². The molecule has 108 valence electrons. The summed E-state index contributed by atoms with van der Waals surface area (Å²) in [7, 11) is 0. The summed E-state index contributed by atoms with van der Waals surface area (Å²) in [4.78, 5) is 16.3. The Kier molecular flexibility index (Phi) is 2.89. The lowest BCUT2D eigenvalue weighted by atomic mass is 9.77. The van der Waals surface area contributed by atoms with Crippen molar-refractivity contribution in [3.05, 3.63) is 0 Å². The zero-order valence-electron chi connectivity index (χ0n) is 11.7. The van der Waals surface area contributed by atoms with Gasteiger partial charge in [-0.15, -0.1) is 0 Å². The third-order valence-electron chi connectivity index (χ3n) is 5.08. The van der Waals surface area contributed by atoms with E-state index in [0.29, 0.717) is 12.6 Å². The maximum Gasteiger partial charge on any atom is 0.260 e. The van der Waals surface area contributed by atoms with Gasteiger partial charge in [0, 0.05) is 25.6 Å². The van der Waals surface area contributed by atoms with Crippen LogP contribution in [0.4, 0.5) is 8.78 Å². The summed E-state index contributed by atoms with van der Waals surface area (Å²) in [5.41, 5.74) is -0.141. The van der Waals surface area contributed by atoms with Crippen LogP contribution in [0, 0.1) is 5.92 Å². The van der Waals surface area contributed by atoms with Gasteiger partial charge in [0.1, 0.15) is 5.92 Å². The summed E-state index contributed by atoms with van der Waals surface area (Å²) in [6, 6.07) is 0.456. The molecule has 3 aliphatic rings. The molecule has 2 saturated heterocycles. The van der Waals surface area contributed by atoms with Crippen LogP contribution in [-0.4, -0.2) is 52.8 Å². The molecule has 2 atom stereocenters. The first-order valence-corrected chi connectivity index (χ1v) is 7.29. The molecule has 1 aliphatic carbocycles. The molecule has 3 nitrogen and oxygen atoms in total. The van der Waals surface area contributed by atoms with E-state index in [2.05, 4.69) is 18.7 Å². The number of likely N-dealkylation sites (tertiary alicyclic amines) is 2. The Morgan fingerprint density at radius 3 is 2.42 bits per heavy atom. The fourth-order valence-corrected chi connectivity index (χ4v) is 3.57. The SMILES string of the molecule is CC(C)N1CCCC2(CCN2C(=O)C2CC2(F)F)C1. The first kappa shape index (κ1) is 13.3. The van der Waals surface area contributed by atoms with E-state index in [0.717, 1.165) is 32.4 Å². The summed E-state index contributed by atoms with van der Waals surface area (Å²) in [5, 5.41) is 0. The van der Waals surface area contributed by atoms with Crippen LogP contribution in [0.5, 0.6) is 0 Å². The number of carbonyl (C=O) groups is 1. The lowest BCUT2D eigenvalue weighted by Crippen LogP contribution is -2.69. The summed E-state index contributed by atoms with van der Waals surface area (Å²) < 4.78 is 26.1. The normalized spacial score (nSPS) is 37.5. The molecular weight excluding hydrogens is 250 g/mol. The van der Waals surface area contributed by atoms with Gasteiger partial charge in [0.15, 0.2) is 0 Å². The molecule has 1 amide bonds. The number of halogens is 2. The molecule has 0 aromatic carbocycles. The van der Waals surface area contributed by atoms with Gasteiger partial charge in [-0.25, -0.2) is 8.78 Å². The quantitative estimate of drug-likeness (QED) is 0.768. The average molecular weight is 272 g/mol. The Labute approximate surface area is 112 Å². The maximum absolute atomic E-state index is 13.1. The number of hydrogen-bond donors (Lipinski definition) is 0. The number of amides is 1. The van der Waals surface area contributed by atoms with Crippen molar-refractivity contribution >= 4 is 5.91 Å². The highest BCUT2D eigenvalue weighted by atomic mass is 19.3. The van der Waals surface area contributed by atoms with Crippen LogP contribution >= 0.6 is 0 Å². The molecule has 3 rings (SSSR count). The van der Waals surface area contributed by atoms with E-state index in [9.17, 15) is 13.6 Å². The average Bonchev–Trinajstić information content (AvgIpc) is 2.97. The van der Waals surface area contributed by atoms with Gasteiger partial charge in [-0.05, 0) is 39.7 Å². The van der Waals surface area contributed by atoms with E-state index >= 15 is 0 Å². The summed E-state index contributed by atoms with van der Waals surface area (Å²) >= 11 is 0. The second-order valence-corrected chi connectivity index (χ2v) is 6.65. The molecule has 1 saturated carbocycles. The van der Waals surface area contributed by atoms with Crippen LogP contribution in [0.1, 0.15) is 39.5 Å². The van der Waals surface area contributed by atoms with E-state index in [-0.39, 0.29) is 17.9 Å². The Morgan fingerprint density at radius 2 is 1.95 bits per heavy atom. The smallest absolute Gasteiger partial charge is 0.260 e. The number of rotatable bonds is 2. The minimum absolute atomic E-state index is 0.141. The van der Waals surface area contributed by atoms with Gasteiger partial charge < -0.3 is 4.90 Å². The summed E-state index contributed by atoms with van der Waals surface area (Å²) in [6.07, 6.45) is 2.76. The van der Waals surface area contributed by atoms with Gasteiger partial charge in [0.05, 0.1) is 5.54 Å². The highest BCUT2D eigenvalue weighted by Gasteiger charge is 2.65. The number of carbonyl (C=O) groups excluding carboxylic acids is 1. The molecule has 2 aliphatic heterocycles. The van der Waals surface area contributed by atoms with Crippen LogP contribution in [0.3, 0.4) is 0 Å². The molecule has 0 N–H and O–H groups in total. The molecule has 0 bridgehead atoms. The highest BCUT2D eigenvalue weighted by Crippen LogP contribution is 2.52. The van der Waals surface area contributed by atoms with E-state index in [1.165, 1.54) is 0 Å². The molecule has 2 unspecified atom stereocenters. The topological polar surface area (TPSA) is 23.6 Å². The van der Waals surface area contributed by atoms with Crippen LogP contribution in [0.25, 0.3) is 0 Å². The second kappa shape index (κ2) is 4.14. The zero-order valence-corrected chi connectivity index (χ0v) is 11.7. The number of piperidine rings is 1. The van der Waals surface area contributed by atoms with Crippen molar-refractivity contribution in [2.24, 2.45) is 5.92 Å². The molecule has 5 heteroatoms. The van der Waals surface area contributed by atoms with Gasteiger partial charge in [-0.3, -0.25) is 9.69 Å². The van der Waals surface area contributed by atoms with E-state index in [1.54, 1.807) is 4.90 Å². The number of hydrogen-bond acceptors (Lipinski definition) is 2. The monoisotopic (exact) mass is 272 g/mol. The first-order valence-electron chi connectivity index (χ1n) is 7.29. The summed E-state index contributed by atoms with van der Waals surface area (Å²) in [5.74, 6) is -4.07. The number of nitrogens with zero attached hydrogens (tertiary/aromatic N) is 2. The van der Waals surface area contributed by atoms with Gasteiger partial charge >= 0.3 is 0 Å². The largest absolute Gasteiger partial charge is 0.335 e. The van der Waals surface area contributed by atoms with Gasteiger partial charge in [0.25, 0.3) is 5.92 Å². The molecule has 19 heavy (non-hydrogen) atoms. The Morgan fingerprint density at radius 1 is 1.26 bits per heavy atom. The van der Waals surface area contributed by atoms with Gasteiger partial charge in [-0.2, -0.15) is 0 Å². The van der Waals surface area contributed by atoms with E-state index in [1.807, 2.05) is 0 Å². The summed E-state index contributed by atoms with van der Waals surface area (Å²) in [6.45, 7) is 6.88. The molecular formula is C14H22F2N2O. The van der Waals surface area contributed by atoms with Crippen molar-refractivity contribution in [3.63, 3.8) is 0 Å². The van der Waals surface area contributed by atoms with Crippen molar-refractivity contribution in [2.45, 2.75) is 57.0 Å². The second-order valence-electron chi connectivity index (χ2n) is 6.65. The lowest BCUT2D eigenvalue weighted by Gasteiger charge is -2.58. The molecule has 0 aromatic rings. The van der Waals surface area contributed by atoms with Crippen molar-refractivity contribution in [3.8, 4) is 0 Å². The standard InChI is InChI=1S/C14H22F2N2O/c1-10(2)17-6-3-4-13(9-17)5-7-18(13)12(19)11-8-14(11,15)16/h10-11H,3-9H2,1-2H3. The van der Waals surface area contributed by atoms with Gasteiger partial charge in [0.2, 0.25) is 5.91 Å². The fraction of sp³-hybridized carbons (Fsp3) is 0.929. The molecule has 0 aromatic heterocycles. The molecule has 1 spiro atoms. The van der Waals surface area contributed by atoms with Gasteiger partial charge in [-0.1, -0.05) is 0 Å². The Hall–Kier alpha value is -0.710. The van der Waals surface area contributed by atoms with Crippen molar-refractivity contribution in [2.75, 3.05) is 19.6 Å². The van der Waals surface area contributed by atoms with E-state index in [4.69, 9.17) is 0 Å². The fourth-order valence-electron chi connectivity index (χ4n) is 3.57. The van der Waals surface area contributed by atoms with Crippen molar-refractivity contribution in [1.29, 1.82) is 0 Å². The third-order valence-corrected chi connectivity index (χ3v) is 5.08. The van der Waals surface area contributed by atoms with Crippen LogP contribution < -0.4 is 0 Å². The van der Waals surface area contributed by atoms with E-state index < -0.39 is 11.8 Å². The molecule has 0 radical (unpaired) electrons. The van der Waals surface area contributed by atoms with Crippen molar-refractivity contribution in [1.82, 2.24) is 9.80 Å². The predicted molar refractivity (Wildman–Crippen MR) is 68.1 cm³/mol. The third kappa shape index (κ3) is 2.06. The minimum atomic E-state index is -2.74. The van der Waals surface area contributed by atoms with Crippen LogP contribution in [0.2, 0.25) is 0 Å². The molecule has 3 fully saturated rings. The number of alkyl halides is 2. The minimum Gasteiger partial charge on any atom is -0.335 e. The zero-order chi connectivity index (χ0) is 13.8. The Bertz CT molecular complexity index is 399. The van der Waals surface area contributed by atoms with Crippen molar-refractivity contribution < 1.29 is 13.6 Å².